The molecule has 0 aliphatic carbocycles. The van der Waals surface area contributed by atoms with Crippen LogP contribution in [-0.4, -0.2) is 31.6 Å². The van der Waals surface area contributed by atoms with E-state index in [1.165, 1.54) is 10.6 Å². The average molecular weight is 165 g/mol. The van der Waals surface area contributed by atoms with Crippen molar-refractivity contribution in [1.82, 2.24) is 4.31 Å². The zero-order valence-electron chi connectivity index (χ0n) is 7.17. The molecule has 0 spiro atoms. The first kappa shape index (κ1) is 9.91. The van der Waals surface area contributed by atoms with E-state index in [0.29, 0.717) is 0 Å². The summed E-state index contributed by atoms with van der Waals surface area (Å²) < 4.78 is 23.2. The Morgan fingerprint density at radius 3 is 1.50 bits per heavy atom. The second-order valence-electron chi connectivity index (χ2n) is 3.40. The van der Waals surface area contributed by atoms with Crippen LogP contribution in [0.1, 0.15) is 20.8 Å². The van der Waals surface area contributed by atoms with Gasteiger partial charge in [0.25, 0.3) is 0 Å². The zero-order valence-corrected chi connectivity index (χ0v) is 7.99. The van der Waals surface area contributed by atoms with E-state index < -0.39 is 10.0 Å². The molecule has 0 bridgehead atoms. The second kappa shape index (κ2) is 2.51. The van der Waals surface area contributed by atoms with Gasteiger partial charge in [0, 0.05) is 12.6 Å². The van der Waals surface area contributed by atoms with Crippen molar-refractivity contribution in [2.24, 2.45) is 0 Å². The van der Waals surface area contributed by atoms with Crippen molar-refractivity contribution >= 4 is 10.0 Å². The van der Waals surface area contributed by atoms with Crippen LogP contribution in [0.25, 0.3) is 0 Å². The van der Waals surface area contributed by atoms with Crippen LogP contribution in [0.5, 0.6) is 0 Å². The lowest BCUT2D eigenvalue weighted by atomic mass is 10.1. The van der Waals surface area contributed by atoms with Gasteiger partial charge in [-0.25, -0.2) is 8.42 Å². The summed E-state index contributed by atoms with van der Waals surface area (Å²) in [7, 11) is -1.45. The third-order valence-corrected chi connectivity index (χ3v) is 2.98. The van der Waals surface area contributed by atoms with Crippen molar-refractivity contribution < 1.29 is 8.42 Å². The molecule has 0 radical (unpaired) electrons. The van der Waals surface area contributed by atoms with Crippen LogP contribution in [0, 0.1) is 0 Å². The summed E-state index contributed by atoms with van der Waals surface area (Å²) in [6.45, 7) is 5.57. The minimum absolute atomic E-state index is 0.312. The van der Waals surface area contributed by atoms with E-state index in [0.717, 1.165) is 0 Å². The highest BCUT2D eigenvalue weighted by Gasteiger charge is 2.24. The van der Waals surface area contributed by atoms with Crippen LogP contribution in [-0.2, 0) is 10.0 Å². The van der Waals surface area contributed by atoms with Crippen molar-refractivity contribution in [3.05, 3.63) is 0 Å². The summed E-state index contributed by atoms with van der Waals surface area (Å²) in [4.78, 5) is 0. The number of rotatable bonds is 1. The van der Waals surface area contributed by atoms with Crippen molar-refractivity contribution in [3.8, 4) is 0 Å². The van der Waals surface area contributed by atoms with E-state index >= 15 is 0 Å². The first-order valence-corrected chi connectivity index (χ1v) is 4.94. The molecular formula is C6H15NO2S. The first-order valence-electron chi connectivity index (χ1n) is 3.09. The molecular weight excluding hydrogens is 150 g/mol. The second-order valence-corrected chi connectivity index (χ2v) is 5.42. The lowest BCUT2D eigenvalue weighted by molar-refractivity contribution is 0.294. The molecule has 0 saturated heterocycles. The molecule has 0 saturated carbocycles. The Bertz CT molecular complexity index is 200. The molecule has 0 rings (SSSR count). The Morgan fingerprint density at radius 1 is 1.20 bits per heavy atom. The van der Waals surface area contributed by atoms with Crippen LogP contribution in [0.2, 0.25) is 0 Å². The van der Waals surface area contributed by atoms with Gasteiger partial charge in [-0.3, -0.25) is 0 Å². The molecule has 62 valence electrons. The minimum Gasteiger partial charge on any atom is -0.212 e. The summed E-state index contributed by atoms with van der Waals surface area (Å²) in [5.74, 6) is 0. The maximum Gasteiger partial charge on any atom is 0.211 e. The Hall–Kier alpha value is -0.0900. The SMILES string of the molecule is CN(C(C)(C)C)S(C)(=O)=O. The molecule has 0 amide bonds. The molecule has 0 fully saturated rings. The summed E-state index contributed by atoms with van der Waals surface area (Å²) in [6.07, 6.45) is 1.21. The molecule has 0 N–H and O–H groups in total. The van der Waals surface area contributed by atoms with E-state index in [-0.39, 0.29) is 5.54 Å². The normalized spacial score (nSPS) is 14.2. The van der Waals surface area contributed by atoms with Gasteiger partial charge in [0.05, 0.1) is 6.26 Å². The minimum atomic E-state index is -3.03. The van der Waals surface area contributed by atoms with Crippen LogP contribution in [0.3, 0.4) is 0 Å². The quantitative estimate of drug-likeness (QED) is 0.573. The summed E-state index contributed by atoms with van der Waals surface area (Å²) in [5, 5.41) is 0. The van der Waals surface area contributed by atoms with Crippen LogP contribution < -0.4 is 0 Å². The van der Waals surface area contributed by atoms with E-state index in [1.54, 1.807) is 7.05 Å². The summed E-state index contributed by atoms with van der Waals surface area (Å²) >= 11 is 0. The van der Waals surface area contributed by atoms with Crippen LogP contribution in [0.4, 0.5) is 0 Å². The fourth-order valence-corrected chi connectivity index (χ4v) is 1.49. The topological polar surface area (TPSA) is 37.4 Å². The number of nitrogens with zero attached hydrogens (tertiary/aromatic N) is 1. The molecule has 0 heterocycles. The highest BCUT2D eigenvalue weighted by Crippen LogP contribution is 2.13. The van der Waals surface area contributed by atoms with Gasteiger partial charge in [0.1, 0.15) is 0 Å². The largest absolute Gasteiger partial charge is 0.212 e. The monoisotopic (exact) mass is 165 g/mol. The predicted octanol–water partition coefficient (Wildman–Crippen LogP) is 0.676. The van der Waals surface area contributed by atoms with E-state index in [1.807, 2.05) is 20.8 Å². The van der Waals surface area contributed by atoms with Gasteiger partial charge in [0.2, 0.25) is 10.0 Å². The van der Waals surface area contributed by atoms with Gasteiger partial charge in [-0.15, -0.1) is 0 Å². The highest BCUT2D eigenvalue weighted by molar-refractivity contribution is 7.88. The maximum atomic E-state index is 10.9. The predicted molar refractivity (Wildman–Crippen MR) is 42.4 cm³/mol. The first-order chi connectivity index (χ1) is 4.15. The van der Waals surface area contributed by atoms with Crippen LogP contribution >= 0.6 is 0 Å². The van der Waals surface area contributed by atoms with Crippen molar-refractivity contribution in [1.29, 1.82) is 0 Å². The Kier molecular flexibility index (Phi) is 2.49. The van der Waals surface area contributed by atoms with Gasteiger partial charge in [-0.2, -0.15) is 4.31 Å². The molecule has 10 heavy (non-hydrogen) atoms. The number of hydrogen-bond donors (Lipinski definition) is 0. The molecule has 4 heteroatoms. The fourth-order valence-electron chi connectivity index (χ4n) is 0.497. The van der Waals surface area contributed by atoms with Gasteiger partial charge < -0.3 is 0 Å². The third kappa shape index (κ3) is 2.66. The van der Waals surface area contributed by atoms with E-state index in [9.17, 15) is 8.42 Å². The smallest absolute Gasteiger partial charge is 0.211 e. The molecule has 0 aromatic heterocycles. The Labute approximate surface area is 63.1 Å². The summed E-state index contributed by atoms with van der Waals surface area (Å²) in [5.41, 5.74) is -0.312. The van der Waals surface area contributed by atoms with Gasteiger partial charge in [-0.05, 0) is 20.8 Å². The number of hydrogen-bond acceptors (Lipinski definition) is 2. The number of sulfonamides is 1. The molecule has 0 aromatic carbocycles. The average Bonchev–Trinajstić information content (AvgIpc) is 1.59. The highest BCUT2D eigenvalue weighted by atomic mass is 32.2. The third-order valence-electron chi connectivity index (χ3n) is 1.44. The molecule has 3 nitrogen and oxygen atoms in total. The standard InChI is InChI=1S/C6H15NO2S/c1-6(2,3)7(4)10(5,8)9/h1-5H3. The molecule has 0 aromatic rings. The lowest BCUT2D eigenvalue weighted by Crippen LogP contribution is -2.41. The summed E-state index contributed by atoms with van der Waals surface area (Å²) in [6, 6.07) is 0. The molecule has 0 aliphatic rings. The Balaban J connectivity index is 4.56. The van der Waals surface area contributed by atoms with Crippen molar-refractivity contribution in [2.75, 3.05) is 13.3 Å². The van der Waals surface area contributed by atoms with Crippen molar-refractivity contribution in [3.63, 3.8) is 0 Å². The van der Waals surface area contributed by atoms with Gasteiger partial charge >= 0.3 is 0 Å². The van der Waals surface area contributed by atoms with Gasteiger partial charge in [-0.1, -0.05) is 0 Å². The Morgan fingerprint density at radius 2 is 1.50 bits per heavy atom. The van der Waals surface area contributed by atoms with E-state index in [4.69, 9.17) is 0 Å². The maximum absolute atomic E-state index is 10.9. The molecule has 0 unspecified atom stereocenters. The van der Waals surface area contributed by atoms with Crippen molar-refractivity contribution in [2.45, 2.75) is 26.3 Å². The molecule has 0 aliphatic heterocycles. The lowest BCUT2D eigenvalue weighted by Gasteiger charge is -2.29. The van der Waals surface area contributed by atoms with Gasteiger partial charge in [0.15, 0.2) is 0 Å². The van der Waals surface area contributed by atoms with Crippen LogP contribution in [0.15, 0.2) is 0 Å². The van der Waals surface area contributed by atoms with E-state index in [2.05, 4.69) is 0 Å². The zero-order chi connectivity index (χ0) is 8.58. The fraction of sp³-hybridized carbons (Fsp3) is 1.00. The molecule has 0 atom stereocenters.